The zero-order chi connectivity index (χ0) is 22.5. The van der Waals surface area contributed by atoms with Gasteiger partial charge in [0.25, 0.3) is 5.91 Å². The highest BCUT2D eigenvalue weighted by molar-refractivity contribution is 7.98. The first-order valence-electron chi connectivity index (χ1n) is 10.2. The fourth-order valence-corrected chi connectivity index (χ4v) is 4.20. The number of carbonyl (C=O) groups excluding carboxylic acids is 1. The Morgan fingerprint density at radius 1 is 0.781 bits per heavy atom. The molecule has 0 fully saturated rings. The third kappa shape index (κ3) is 4.79. The van der Waals surface area contributed by atoms with Gasteiger partial charge in [-0.2, -0.15) is 0 Å². The van der Waals surface area contributed by atoms with E-state index >= 15 is 0 Å². The number of benzene rings is 4. The van der Waals surface area contributed by atoms with Crippen LogP contribution in [0.2, 0.25) is 0 Å². The molecule has 1 amide bonds. The smallest absolute Gasteiger partial charge is 0.255 e. The van der Waals surface area contributed by atoms with Gasteiger partial charge >= 0.3 is 0 Å². The predicted molar refractivity (Wildman–Crippen MR) is 130 cm³/mol. The molecule has 4 aromatic rings. The maximum Gasteiger partial charge on any atom is 0.255 e. The van der Waals surface area contributed by atoms with Crippen LogP contribution < -0.4 is 5.32 Å². The van der Waals surface area contributed by atoms with Crippen molar-refractivity contribution >= 4 is 23.4 Å². The summed E-state index contributed by atoms with van der Waals surface area (Å²) in [7, 11) is 0. The van der Waals surface area contributed by atoms with Crippen molar-refractivity contribution in [3.63, 3.8) is 0 Å². The van der Waals surface area contributed by atoms with Crippen LogP contribution >= 0.6 is 11.8 Å². The van der Waals surface area contributed by atoms with E-state index in [-0.39, 0.29) is 23.3 Å². The Kier molecular flexibility index (Phi) is 6.47. The fraction of sp³-hybridized carbons (Fsp3) is 0.0741. The topological polar surface area (TPSA) is 69.6 Å². The van der Waals surface area contributed by atoms with Crippen LogP contribution in [0, 0.1) is 0 Å². The van der Waals surface area contributed by atoms with E-state index in [9.17, 15) is 15.0 Å². The van der Waals surface area contributed by atoms with E-state index < -0.39 is 0 Å². The molecule has 160 valence electrons. The van der Waals surface area contributed by atoms with Gasteiger partial charge in [0.15, 0.2) is 0 Å². The van der Waals surface area contributed by atoms with Crippen molar-refractivity contribution in [3.8, 4) is 11.5 Å². The first-order chi connectivity index (χ1) is 15.5. The molecule has 0 saturated carbocycles. The Balaban J connectivity index is 1.77. The number of amides is 1. The molecule has 0 radical (unpaired) electrons. The molecule has 0 aromatic heterocycles. The van der Waals surface area contributed by atoms with E-state index in [1.807, 2.05) is 79.1 Å². The summed E-state index contributed by atoms with van der Waals surface area (Å²) in [5, 5.41) is 22.6. The summed E-state index contributed by atoms with van der Waals surface area (Å²) in [6, 6.07) is 29.2. The van der Waals surface area contributed by atoms with Gasteiger partial charge in [0, 0.05) is 22.1 Å². The van der Waals surface area contributed by atoms with Crippen LogP contribution in [-0.2, 0) is 0 Å². The van der Waals surface area contributed by atoms with Gasteiger partial charge in [-0.25, -0.2) is 0 Å². The normalized spacial score (nSPS) is 10.8. The third-order valence-electron chi connectivity index (χ3n) is 5.30. The summed E-state index contributed by atoms with van der Waals surface area (Å²) in [6.45, 7) is 0. The lowest BCUT2D eigenvalue weighted by Gasteiger charge is -2.22. The van der Waals surface area contributed by atoms with Crippen LogP contribution in [0.3, 0.4) is 0 Å². The third-order valence-corrected chi connectivity index (χ3v) is 6.02. The number of hydrogen-bond donors (Lipinski definition) is 3. The van der Waals surface area contributed by atoms with Crippen LogP contribution in [0.5, 0.6) is 11.5 Å². The van der Waals surface area contributed by atoms with Crippen molar-refractivity contribution in [2.75, 3.05) is 11.6 Å². The molecule has 0 unspecified atom stereocenters. The number of carbonyl (C=O) groups is 1. The number of nitrogens with one attached hydrogen (secondary N) is 1. The summed E-state index contributed by atoms with van der Waals surface area (Å²) < 4.78 is 0. The molecule has 4 rings (SSSR count). The van der Waals surface area contributed by atoms with Gasteiger partial charge in [-0.05, 0) is 71.5 Å². The van der Waals surface area contributed by atoms with E-state index in [2.05, 4.69) is 5.32 Å². The molecule has 0 spiro atoms. The minimum atomic E-state index is -0.254. The molecule has 3 N–H and O–H groups in total. The summed E-state index contributed by atoms with van der Waals surface area (Å²) in [6.07, 6.45) is 2.00. The highest BCUT2D eigenvalue weighted by atomic mass is 32.2. The average molecular weight is 442 g/mol. The van der Waals surface area contributed by atoms with Gasteiger partial charge in [-0.15, -0.1) is 11.8 Å². The number of anilines is 1. The molecule has 4 aromatic carbocycles. The van der Waals surface area contributed by atoms with Crippen LogP contribution in [0.4, 0.5) is 5.69 Å². The van der Waals surface area contributed by atoms with Gasteiger partial charge in [-0.3, -0.25) is 4.79 Å². The molecule has 0 atom stereocenters. The molecule has 0 aliphatic carbocycles. The average Bonchev–Trinajstić information content (AvgIpc) is 2.82. The predicted octanol–water partition coefficient (Wildman–Crippen LogP) is 6.25. The second-order valence-corrected chi connectivity index (χ2v) is 8.27. The van der Waals surface area contributed by atoms with Crippen LogP contribution in [-0.4, -0.2) is 22.4 Å². The number of phenolic OH excluding ortho intramolecular Hbond substituents is 2. The quantitative estimate of drug-likeness (QED) is 0.244. The molecule has 0 aliphatic heterocycles. The van der Waals surface area contributed by atoms with Crippen molar-refractivity contribution in [1.29, 1.82) is 0 Å². The zero-order valence-corrected chi connectivity index (χ0v) is 18.3. The molecular formula is C27H23NO3S. The van der Waals surface area contributed by atoms with E-state index in [0.29, 0.717) is 5.56 Å². The fourth-order valence-electron chi connectivity index (χ4n) is 3.74. The maximum absolute atomic E-state index is 13.3. The Morgan fingerprint density at radius 3 is 1.97 bits per heavy atom. The van der Waals surface area contributed by atoms with Crippen molar-refractivity contribution in [2.45, 2.75) is 10.8 Å². The summed E-state index contributed by atoms with van der Waals surface area (Å²) in [4.78, 5) is 14.4. The minimum Gasteiger partial charge on any atom is -0.508 e. The Bertz CT molecular complexity index is 1170. The molecule has 0 aliphatic rings. The molecule has 5 heteroatoms. The van der Waals surface area contributed by atoms with E-state index in [4.69, 9.17) is 0 Å². The summed E-state index contributed by atoms with van der Waals surface area (Å²) >= 11 is 1.62. The molecular weight excluding hydrogens is 418 g/mol. The second-order valence-electron chi connectivity index (χ2n) is 7.39. The maximum atomic E-state index is 13.3. The van der Waals surface area contributed by atoms with Crippen molar-refractivity contribution in [3.05, 3.63) is 119 Å². The molecule has 32 heavy (non-hydrogen) atoms. The number of thioether (sulfide) groups is 1. The van der Waals surface area contributed by atoms with Crippen molar-refractivity contribution in [1.82, 2.24) is 0 Å². The molecule has 0 saturated heterocycles. The number of phenols is 2. The van der Waals surface area contributed by atoms with E-state index in [1.54, 1.807) is 36.0 Å². The summed E-state index contributed by atoms with van der Waals surface area (Å²) in [5.41, 5.74) is 3.99. The summed E-state index contributed by atoms with van der Waals surface area (Å²) in [5.74, 6) is -0.0899. The lowest BCUT2D eigenvalue weighted by molar-refractivity contribution is 0.102. The lowest BCUT2D eigenvalue weighted by Crippen LogP contribution is -2.17. The molecule has 4 nitrogen and oxygen atoms in total. The lowest BCUT2D eigenvalue weighted by atomic mass is 9.82. The SMILES string of the molecule is CSc1cccc(NC(=O)c2ccccc2C(c2ccc(O)cc2)c2ccc(O)cc2)c1. The van der Waals surface area contributed by atoms with Gasteiger partial charge in [-0.1, -0.05) is 48.5 Å². The first-order valence-corrected chi connectivity index (χ1v) is 11.4. The first kappa shape index (κ1) is 21.5. The molecule has 0 heterocycles. The Morgan fingerprint density at radius 2 is 1.38 bits per heavy atom. The van der Waals surface area contributed by atoms with Crippen LogP contribution in [0.1, 0.15) is 33.0 Å². The van der Waals surface area contributed by atoms with Gasteiger partial charge in [0.2, 0.25) is 0 Å². The van der Waals surface area contributed by atoms with Gasteiger partial charge in [0.1, 0.15) is 11.5 Å². The van der Waals surface area contributed by atoms with Crippen molar-refractivity contribution < 1.29 is 15.0 Å². The highest BCUT2D eigenvalue weighted by Gasteiger charge is 2.23. The standard InChI is InChI=1S/C27H23NO3S/c1-32-23-6-4-5-20(17-23)28-27(31)25-8-3-2-7-24(25)26(18-9-13-21(29)14-10-18)19-11-15-22(30)16-12-19/h2-17,26,29-30H,1H3,(H,28,31). The van der Waals surface area contributed by atoms with Crippen LogP contribution in [0.25, 0.3) is 0 Å². The Hall–Kier alpha value is -3.70. The number of rotatable bonds is 6. The number of hydrogen-bond acceptors (Lipinski definition) is 4. The number of aromatic hydroxyl groups is 2. The van der Waals surface area contributed by atoms with Crippen molar-refractivity contribution in [2.24, 2.45) is 0 Å². The van der Waals surface area contributed by atoms with E-state index in [1.165, 1.54) is 0 Å². The van der Waals surface area contributed by atoms with E-state index in [0.717, 1.165) is 27.3 Å². The zero-order valence-electron chi connectivity index (χ0n) is 17.5. The monoisotopic (exact) mass is 441 g/mol. The largest absolute Gasteiger partial charge is 0.508 e. The van der Waals surface area contributed by atoms with Crippen LogP contribution in [0.15, 0.2) is 102 Å². The minimum absolute atomic E-state index is 0.179. The Labute approximate surface area is 191 Å². The highest BCUT2D eigenvalue weighted by Crippen LogP contribution is 2.35. The van der Waals surface area contributed by atoms with Gasteiger partial charge in [0.05, 0.1) is 0 Å². The second kappa shape index (κ2) is 9.62. The molecule has 0 bridgehead atoms. The van der Waals surface area contributed by atoms with Gasteiger partial charge < -0.3 is 15.5 Å².